The maximum atomic E-state index is 14.4. The van der Waals surface area contributed by atoms with Crippen molar-refractivity contribution >= 4 is 16.9 Å². The summed E-state index contributed by atoms with van der Waals surface area (Å²) in [5.41, 5.74) is 9.06. The number of nitrogens with zero attached hydrogens (tertiary/aromatic N) is 7. The minimum atomic E-state index is -0.478. The molecule has 0 saturated heterocycles. The summed E-state index contributed by atoms with van der Waals surface area (Å²) in [4.78, 5) is 17.5. The molecule has 0 saturated carbocycles. The van der Waals surface area contributed by atoms with Crippen molar-refractivity contribution in [1.82, 2.24) is 29.7 Å². The fraction of sp³-hybridized carbons (Fsp3) is 0.120. The molecule has 3 heterocycles. The molecule has 9 nitrogen and oxygen atoms in total. The lowest BCUT2D eigenvalue weighted by molar-refractivity contribution is 0.415. The largest absolute Gasteiger partial charge is 0.497 e. The van der Waals surface area contributed by atoms with Crippen molar-refractivity contribution in [2.75, 3.05) is 12.8 Å². The lowest BCUT2D eigenvalue weighted by Crippen LogP contribution is -2.13. The summed E-state index contributed by atoms with van der Waals surface area (Å²) in [7, 11) is 1.52. The first-order chi connectivity index (χ1) is 17.0. The third-order valence-corrected chi connectivity index (χ3v) is 5.63. The third-order valence-electron chi connectivity index (χ3n) is 5.63. The first kappa shape index (κ1) is 21.9. The second-order valence-electron chi connectivity index (χ2n) is 7.77. The zero-order valence-corrected chi connectivity index (χ0v) is 18.8. The van der Waals surface area contributed by atoms with Gasteiger partial charge in [-0.3, -0.25) is 0 Å². The predicted octanol–water partition coefficient (Wildman–Crippen LogP) is 4.16. The number of benzene rings is 2. The van der Waals surface area contributed by atoms with Gasteiger partial charge >= 0.3 is 0 Å². The molecule has 5 rings (SSSR count). The van der Waals surface area contributed by atoms with Crippen molar-refractivity contribution < 1.29 is 9.13 Å². The van der Waals surface area contributed by atoms with Gasteiger partial charge in [-0.15, -0.1) is 0 Å². The van der Waals surface area contributed by atoms with Gasteiger partial charge in [0.1, 0.15) is 35.4 Å². The fourth-order valence-electron chi connectivity index (χ4n) is 3.89. The van der Waals surface area contributed by atoms with Crippen molar-refractivity contribution in [2.24, 2.45) is 0 Å². The average molecular weight is 466 g/mol. The second kappa shape index (κ2) is 8.79. The Labute approximate surface area is 199 Å². The Morgan fingerprint density at radius 1 is 1.11 bits per heavy atom. The van der Waals surface area contributed by atoms with Gasteiger partial charge in [-0.1, -0.05) is 12.1 Å². The standard InChI is InChI=1S/C25H19FN8O/c1-14(24-29-8-7-20(32-24)18-5-3-4-6-19(18)26)34-25-21(23(28)30-13-31-25)22(33-34)16-9-15(12-27)10-17(11-16)35-2/h3-11,13-14H,1-2H3,(H2,28,30,31). The SMILES string of the molecule is COc1cc(C#N)cc(-c2nn(C(C)c3nccc(-c4ccccc4F)n3)c3ncnc(N)c23)c1. The lowest BCUT2D eigenvalue weighted by atomic mass is 10.1. The van der Waals surface area contributed by atoms with E-state index < -0.39 is 6.04 Å². The van der Waals surface area contributed by atoms with Gasteiger partial charge in [0.25, 0.3) is 0 Å². The topological polar surface area (TPSA) is 128 Å². The van der Waals surface area contributed by atoms with Crippen LogP contribution < -0.4 is 10.5 Å². The number of methoxy groups -OCH3 is 1. The highest BCUT2D eigenvalue weighted by Gasteiger charge is 2.23. The molecule has 0 radical (unpaired) electrons. The van der Waals surface area contributed by atoms with E-state index in [4.69, 9.17) is 15.6 Å². The number of anilines is 1. The maximum Gasteiger partial charge on any atom is 0.164 e. The van der Waals surface area contributed by atoms with Crippen molar-refractivity contribution in [1.29, 1.82) is 5.26 Å². The number of nitriles is 1. The smallest absolute Gasteiger partial charge is 0.164 e. The van der Waals surface area contributed by atoms with Crippen molar-refractivity contribution in [3.05, 3.63) is 78.3 Å². The van der Waals surface area contributed by atoms with Gasteiger partial charge in [0, 0.05) is 17.3 Å². The number of hydrogen-bond acceptors (Lipinski definition) is 8. The Balaban J connectivity index is 1.67. The summed E-state index contributed by atoms with van der Waals surface area (Å²) in [6.07, 6.45) is 2.94. The highest BCUT2D eigenvalue weighted by atomic mass is 19.1. The van der Waals surface area contributed by atoms with Crippen LogP contribution in [0.15, 0.2) is 61.1 Å². The number of nitrogens with two attached hydrogens (primary N) is 1. The number of nitrogen functional groups attached to an aromatic ring is 1. The highest BCUT2D eigenvalue weighted by molar-refractivity contribution is 5.98. The highest BCUT2D eigenvalue weighted by Crippen LogP contribution is 2.35. The molecule has 0 bridgehead atoms. The summed E-state index contributed by atoms with van der Waals surface area (Å²) in [6.45, 7) is 1.86. The molecule has 3 aromatic heterocycles. The molecule has 172 valence electrons. The number of ether oxygens (including phenoxy) is 1. The van der Waals surface area contributed by atoms with Gasteiger partial charge in [0.05, 0.1) is 29.8 Å². The molecule has 10 heteroatoms. The zero-order chi connectivity index (χ0) is 24.5. The fourth-order valence-corrected chi connectivity index (χ4v) is 3.89. The van der Waals surface area contributed by atoms with E-state index in [1.807, 2.05) is 6.92 Å². The summed E-state index contributed by atoms with van der Waals surface area (Å²) in [6, 6.07) is 14.8. The Bertz CT molecular complexity index is 1610. The molecule has 35 heavy (non-hydrogen) atoms. The maximum absolute atomic E-state index is 14.4. The van der Waals surface area contributed by atoms with Gasteiger partial charge in [0.2, 0.25) is 0 Å². The van der Waals surface area contributed by atoms with E-state index in [1.165, 1.54) is 19.5 Å². The predicted molar refractivity (Wildman–Crippen MR) is 128 cm³/mol. The van der Waals surface area contributed by atoms with Gasteiger partial charge in [-0.05, 0) is 43.3 Å². The zero-order valence-electron chi connectivity index (χ0n) is 18.8. The van der Waals surface area contributed by atoms with E-state index in [0.29, 0.717) is 50.7 Å². The molecule has 0 amide bonds. The first-order valence-electron chi connectivity index (χ1n) is 10.7. The monoisotopic (exact) mass is 466 g/mol. The number of aromatic nitrogens is 6. The third kappa shape index (κ3) is 3.89. The molecule has 0 aliphatic carbocycles. The quantitative estimate of drug-likeness (QED) is 0.409. The lowest BCUT2D eigenvalue weighted by Gasteiger charge is -2.13. The summed E-state index contributed by atoms with van der Waals surface area (Å²) in [5.74, 6) is 0.794. The van der Waals surface area contributed by atoms with E-state index in [0.717, 1.165) is 0 Å². The Morgan fingerprint density at radius 3 is 2.71 bits per heavy atom. The Kier molecular flexibility index (Phi) is 5.51. The van der Waals surface area contributed by atoms with E-state index in [-0.39, 0.29) is 11.6 Å². The van der Waals surface area contributed by atoms with E-state index in [2.05, 4.69) is 26.0 Å². The molecule has 0 spiro atoms. The summed E-state index contributed by atoms with van der Waals surface area (Å²) < 4.78 is 21.4. The van der Waals surface area contributed by atoms with Crippen LogP contribution in [0.1, 0.15) is 24.4 Å². The molecule has 5 aromatic rings. The second-order valence-corrected chi connectivity index (χ2v) is 7.77. The average Bonchev–Trinajstić information content (AvgIpc) is 3.29. The van der Waals surface area contributed by atoms with Gasteiger partial charge in [-0.25, -0.2) is 29.0 Å². The van der Waals surface area contributed by atoms with E-state index in [1.54, 1.807) is 53.3 Å². The molecule has 2 aromatic carbocycles. The molecule has 0 fully saturated rings. The van der Waals surface area contributed by atoms with Gasteiger partial charge in [-0.2, -0.15) is 10.4 Å². The molecule has 1 atom stereocenters. The molecule has 1 unspecified atom stereocenters. The number of halogens is 1. The summed E-state index contributed by atoms with van der Waals surface area (Å²) >= 11 is 0. The van der Waals surface area contributed by atoms with Crippen molar-refractivity contribution in [3.63, 3.8) is 0 Å². The molecule has 2 N–H and O–H groups in total. The Morgan fingerprint density at radius 2 is 1.94 bits per heavy atom. The minimum Gasteiger partial charge on any atom is -0.497 e. The number of fused-ring (bicyclic) bond motifs is 1. The summed E-state index contributed by atoms with van der Waals surface area (Å²) in [5, 5.41) is 14.8. The molecular weight excluding hydrogens is 447 g/mol. The van der Waals surface area contributed by atoms with Crippen LogP contribution in [0.2, 0.25) is 0 Å². The van der Waals surface area contributed by atoms with Crippen LogP contribution in [0, 0.1) is 17.1 Å². The minimum absolute atomic E-state index is 0.241. The van der Waals surface area contributed by atoms with Crippen LogP contribution >= 0.6 is 0 Å². The van der Waals surface area contributed by atoms with Crippen molar-refractivity contribution in [3.8, 4) is 34.3 Å². The Hall–Kier alpha value is -4.91. The van der Waals surface area contributed by atoms with E-state index in [9.17, 15) is 9.65 Å². The van der Waals surface area contributed by atoms with Crippen molar-refractivity contribution in [2.45, 2.75) is 13.0 Å². The van der Waals surface area contributed by atoms with E-state index >= 15 is 0 Å². The molecule has 0 aliphatic heterocycles. The van der Waals surface area contributed by atoms with Crippen LogP contribution in [0.5, 0.6) is 5.75 Å². The normalized spacial score (nSPS) is 11.8. The van der Waals surface area contributed by atoms with Crippen LogP contribution in [-0.4, -0.2) is 36.8 Å². The van der Waals surface area contributed by atoms with Crippen LogP contribution in [0.3, 0.4) is 0 Å². The molecular formula is C25H19FN8O. The van der Waals surface area contributed by atoms with Crippen LogP contribution in [0.25, 0.3) is 33.5 Å². The number of hydrogen-bond donors (Lipinski definition) is 1. The number of rotatable bonds is 5. The van der Waals surface area contributed by atoms with Gasteiger partial charge < -0.3 is 10.5 Å². The first-order valence-corrected chi connectivity index (χ1v) is 10.7. The molecule has 0 aliphatic rings. The van der Waals surface area contributed by atoms with Crippen LogP contribution in [0.4, 0.5) is 10.2 Å². The van der Waals surface area contributed by atoms with Gasteiger partial charge in [0.15, 0.2) is 11.5 Å². The van der Waals surface area contributed by atoms with Crippen LogP contribution in [-0.2, 0) is 0 Å².